The average Bonchev–Trinajstić information content (AvgIpc) is 3.34. The van der Waals surface area contributed by atoms with Gasteiger partial charge >= 0.3 is 5.97 Å². The van der Waals surface area contributed by atoms with Gasteiger partial charge in [0.2, 0.25) is 5.91 Å². The fourth-order valence-electron chi connectivity index (χ4n) is 8.40. The molecule has 1 aliphatic heterocycles. The van der Waals surface area contributed by atoms with E-state index in [0.717, 1.165) is 83.5 Å². The summed E-state index contributed by atoms with van der Waals surface area (Å²) in [6, 6.07) is -1.04. The predicted octanol–water partition coefficient (Wildman–Crippen LogP) is 12.3. The molecular weight excluding hydrogens is 871 g/mol. The van der Waals surface area contributed by atoms with Crippen molar-refractivity contribution in [2.75, 3.05) is 13.2 Å². The van der Waals surface area contributed by atoms with Gasteiger partial charge in [-0.3, -0.25) is 9.59 Å². The zero-order chi connectivity index (χ0) is 50.4. The summed E-state index contributed by atoms with van der Waals surface area (Å²) in [5, 5.41) is 56.6. The lowest BCUT2D eigenvalue weighted by molar-refractivity contribution is -0.305. The fraction of sp³-hybridized carbons (Fsp3) is 0.793. The van der Waals surface area contributed by atoms with Crippen LogP contribution in [0.1, 0.15) is 233 Å². The minimum Gasteiger partial charge on any atom is -0.454 e. The van der Waals surface area contributed by atoms with Crippen molar-refractivity contribution in [2.45, 2.75) is 282 Å². The van der Waals surface area contributed by atoms with Crippen LogP contribution in [0.3, 0.4) is 0 Å². The highest BCUT2D eigenvalue weighted by atomic mass is 16.7. The highest BCUT2D eigenvalue weighted by Gasteiger charge is 2.47. The second-order valence-electron chi connectivity index (χ2n) is 19.3. The maximum absolute atomic E-state index is 13.3. The molecule has 69 heavy (non-hydrogen) atoms. The van der Waals surface area contributed by atoms with Crippen molar-refractivity contribution in [2.24, 2.45) is 0 Å². The second-order valence-corrected chi connectivity index (χ2v) is 19.3. The van der Waals surface area contributed by atoms with Crippen LogP contribution < -0.4 is 5.32 Å². The first-order valence-corrected chi connectivity index (χ1v) is 28.1. The number of hydrogen-bond acceptors (Lipinski definition) is 10. The number of allylic oxidation sites excluding steroid dienone is 9. The highest BCUT2D eigenvalue weighted by Crippen LogP contribution is 2.26. The quantitative estimate of drug-likeness (QED) is 0.0196. The summed E-state index contributed by atoms with van der Waals surface area (Å²) in [7, 11) is 0. The molecular formula is C58H103NO10. The molecule has 0 aromatic heterocycles. The van der Waals surface area contributed by atoms with Crippen LogP contribution in [0.4, 0.5) is 0 Å². The number of carbonyl (C=O) groups excluding carboxylic acids is 2. The molecule has 0 aromatic rings. The topological polar surface area (TPSA) is 175 Å². The molecule has 11 nitrogen and oxygen atoms in total. The first kappa shape index (κ1) is 64.4. The average molecular weight is 974 g/mol. The second kappa shape index (κ2) is 46.4. The Morgan fingerprint density at radius 1 is 0.565 bits per heavy atom. The number of esters is 1. The van der Waals surface area contributed by atoms with Gasteiger partial charge in [-0.15, -0.1) is 0 Å². The van der Waals surface area contributed by atoms with Crippen LogP contribution in [0.2, 0.25) is 0 Å². The SMILES string of the molecule is CCCCC/C=C\C/C=C\C/C=C\C/C=C\CCCCC(O)C(=O)NC(COC1OC(CO)C(O)C(O)C1OC(=O)CCCCCCCCCCCCC)C(O)/C=C/CCCCCCCCCCC. The van der Waals surface area contributed by atoms with Crippen LogP contribution in [0, 0.1) is 0 Å². The van der Waals surface area contributed by atoms with Crippen LogP contribution in [0.5, 0.6) is 0 Å². The van der Waals surface area contributed by atoms with E-state index >= 15 is 0 Å². The Bertz CT molecular complexity index is 1350. The third-order valence-corrected chi connectivity index (χ3v) is 12.9. The van der Waals surface area contributed by atoms with Crippen LogP contribution in [0.25, 0.3) is 0 Å². The lowest BCUT2D eigenvalue weighted by Crippen LogP contribution is -2.61. The molecule has 8 atom stereocenters. The van der Waals surface area contributed by atoms with Crippen molar-refractivity contribution in [3.63, 3.8) is 0 Å². The van der Waals surface area contributed by atoms with Gasteiger partial charge in [-0.25, -0.2) is 0 Å². The van der Waals surface area contributed by atoms with Gasteiger partial charge in [0.25, 0.3) is 0 Å². The molecule has 11 heteroatoms. The first-order valence-electron chi connectivity index (χ1n) is 28.1. The number of unbranched alkanes of at least 4 members (excludes halogenated alkanes) is 24. The normalized spacial score (nSPS) is 20.3. The van der Waals surface area contributed by atoms with Crippen LogP contribution in [0.15, 0.2) is 60.8 Å². The number of hydrogen-bond donors (Lipinski definition) is 6. The molecule has 0 bridgehead atoms. The summed E-state index contributed by atoms with van der Waals surface area (Å²) in [5.41, 5.74) is 0. The van der Waals surface area contributed by atoms with Crippen molar-refractivity contribution in [1.82, 2.24) is 5.32 Å². The van der Waals surface area contributed by atoms with E-state index in [9.17, 15) is 35.1 Å². The summed E-state index contributed by atoms with van der Waals surface area (Å²) in [4.78, 5) is 26.4. The lowest BCUT2D eigenvalue weighted by Gasteiger charge is -2.41. The zero-order valence-corrected chi connectivity index (χ0v) is 43.9. The number of aliphatic hydroxyl groups excluding tert-OH is 5. The largest absolute Gasteiger partial charge is 0.454 e. The van der Waals surface area contributed by atoms with E-state index in [1.54, 1.807) is 6.08 Å². The number of rotatable bonds is 46. The Balaban J connectivity index is 2.76. The molecule has 0 radical (unpaired) electrons. The molecule has 0 saturated carbocycles. The summed E-state index contributed by atoms with van der Waals surface area (Å²) in [6.45, 7) is 5.70. The van der Waals surface area contributed by atoms with Gasteiger partial charge in [0.05, 0.1) is 25.4 Å². The highest BCUT2D eigenvalue weighted by molar-refractivity contribution is 5.80. The third kappa shape index (κ3) is 35.2. The van der Waals surface area contributed by atoms with Gasteiger partial charge in [-0.05, 0) is 70.6 Å². The Morgan fingerprint density at radius 3 is 1.52 bits per heavy atom. The smallest absolute Gasteiger partial charge is 0.306 e. The van der Waals surface area contributed by atoms with Crippen molar-refractivity contribution in [1.29, 1.82) is 0 Å². The molecule has 0 spiro atoms. The lowest BCUT2D eigenvalue weighted by atomic mass is 9.99. The monoisotopic (exact) mass is 974 g/mol. The van der Waals surface area contributed by atoms with Gasteiger partial charge in [-0.1, -0.05) is 216 Å². The van der Waals surface area contributed by atoms with Gasteiger partial charge in [0.1, 0.15) is 24.4 Å². The number of ether oxygens (including phenoxy) is 3. The molecule has 1 heterocycles. The van der Waals surface area contributed by atoms with E-state index in [-0.39, 0.29) is 19.4 Å². The van der Waals surface area contributed by atoms with Crippen molar-refractivity contribution in [3.8, 4) is 0 Å². The van der Waals surface area contributed by atoms with E-state index in [2.05, 4.69) is 74.7 Å². The number of aliphatic hydroxyl groups is 5. The van der Waals surface area contributed by atoms with E-state index in [0.29, 0.717) is 12.8 Å². The number of carbonyl (C=O) groups is 2. The zero-order valence-electron chi connectivity index (χ0n) is 43.9. The molecule has 0 aromatic carbocycles. The summed E-state index contributed by atoms with van der Waals surface area (Å²) in [5.74, 6) is -1.23. The summed E-state index contributed by atoms with van der Waals surface area (Å²) < 4.78 is 17.5. The number of nitrogens with one attached hydrogen (secondary N) is 1. The van der Waals surface area contributed by atoms with Crippen LogP contribution in [-0.2, 0) is 23.8 Å². The van der Waals surface area contributed by atoms with Crippen molar-refractivity contribution < 1.29 is 49.3 Å². The summed E-state index contributed by atoms with van der Waals surface area (Å²) >= 11 is 0. The molecule has 6 N–H and O–H groups in total. The van der Waals surface area contributed by atoms with Crippen LogP contribution >= 0.6 is 0 Å². The van der Waals surface area contributed by atoms with Crippen molar-refractivity contribution >= 4 is 11.9 Å². The molecule has 1 aliphatic rings. The van der Waals surface area contributed by atoms with Gasteiger partial charge in [0, 0.05) is 6.42 Å². The Kier molecular flexibility index (Phi) is 43.3. The van der Waals surface area contributed by atoms with Crippen molar-refractivity contribution in [3.05, 3.63) is 60.8 Å². The standard InChI is InChI=1S/C58H103NO10/c1-4-7-10-13-16-19-22-23-24-25-26-27-28-31-33-36-39-42-45-51(62)57(66)59-49(50(61)44-41-38-35-32-29-20-17-14-11-8-5-2)48-67-58-56(55(65)54(64)52(47-60)68-58)69-53(63)46-43-40-37-34-30-21-18-15-12-9-6-3/h16,19,23-24,26-27,31,33,41,44,49-52,54-56,58,60-62,64-65H,4-15,17-18,20-22,25,28-30,32,34-40,42-43,45-48H2,1-3H3,(H,59,66)/b19-16-,24-23-,27-26-,33-31-,44-41+. The van der Waals surface area contributed by atoms with E-state index in [1.165, 1.54) is 103 Å². The molecule has 1 amide bonds. The van der Waals surface area contributed by atoms with Crippen LogP contribution in [-0.4, -0.2) is 99.6 Å². The fourth-order valence-corrected chi connectivity index (χ4v) is 8.40. The van der Waals surface area contributed by atoms with Gasteiger partial charge < -0.3 is 45.1 Å². The molecule has 1 fully saturated rings. The van der Waals surface area contributed by atoms with E-state index in [1.807, 2.05) is 6.08 Å². The summed E-state index contributed by atoms with van der Waals surface area (Å²) in [6.07, 6.45) is 45.6. The van der Waals surface area contributed by atoms with E-state index in [4.69, 9.17) is 14.2 Å². The Morgan fingerprint density at radius 2 is 1.00 bits per heavy atom. The molecule has 0 aliphatic carbocycles. The maximum atomic E-state index is 13.3. The Hall–Kier alpha value is -2.64. The number of amides is 1. The minimum absolute atomic E-state index is 0.120. The predicted molar refractivity (Wildman–Crippen MR) is 283 cm³/mol. The third-order valence-electron chi connectivity index (χ3n) is 12.9. The Labute approximate surface area is 420 Å². The maximum Gasteiger partial charge on any atom is 0.306 e. The molecule has 400 valence electrons. The molecule has 1 rings (SSSR count). The van der Waals surface area contributed by atoms with Gasteiger partial charge in [0.15, 0.2) is 12.4 Å². The van der Waals surface area contributed by atoms with Gasteiger partial charge in [-0.2, -0.15) is 0 Å². The first-order chi connectivity index (χ1) is 33.7. The molecule has 8 unspecified atom stereocenters. The van der Waals surface area contributed by atoms with E-state index < -0.39 is 67.4 Å². The minimum atomic E-state index is -1.62. The molecule has 1 saturated heterocycles.